The van der Waals surface area contributed by atoms with Crippen LogP contribution in [0.3, 0.4) is 0 Å². The fraction of sp³-hybridized carbons (Fsp3) is 0.571. The molecule has 0 amide bonds. The summed E-state index contributed by atoms with van der Waals surface area (Å²) in [5.74, 6) is -0.174. The van der Waals surface area contributed by atoms with Crippen LogP contribution in [0.2, 0.25) is 0 Å². The standard InChI is InChI=1S/C14H21FN2/c1-2-3-8-17(12-6-7-12)13-5-4-11(10-16)14(15)9-13/h4-5,9,12H,2-3,6-8,10,16H2,1H3. The van der Waals surface area contributed by atoms with E-state index in [-0.39, 0.29) is 12.4 Å². The average molecular weight is 236 g/mol. The van der Waals surface area contributed by atoms with Crippen LogP contribution in [-0.4, -0.2) is 12.6 Å². The highest BCUT2D eigenvalue weighted by Crippen LogP contribution is 2.32. The van der Waals surface area contributed by atoms with Gasteiger partial charge in [0.1, 0.15) is 5.82 Å². The smallest absolute Gasteiger partial charge is 0.129 e. The molecule has 0 heterocycles. The van der Waals surface area contributed by atoms with Gasteiger partial charge in [-0.2, -0.15) is 0 Å². The molecule has 0 saturated heterocycles. The largest absolute Gasteiger partial charge is 0.368 e. The zero-order valence-electron chi connectivity index (χ0n) is 10.5. The van der Waals surface area contributed by atoms with E-state index in [0.29, 0.717) is 11.6 Å². The maximum absolute atomic E-state index is 13.7. The normalized spacial score (nSPS) is 15.0. The first-order valence-electron chi connectivity index (χ1n) is 6.51. The van der Waals surface area contributed by atoms with E-state index in [1.807, 2.05) is 12.1 Å². The number of nitrogens with zero attached hydrogens (tertiary/aromatic N) is 1. The number of hydrogen-bond acceptors (Lipinski definition) is 2. The summed E-state index contributed by atoms with van der Waals surface area (Å²) in [6.45, 7) is 3.48. The first-order chi connectivity index (χ1) is 8.26. The highest BCUT2D eigenvalue weighted by atomic mass is 19.1. The second-order valence-electron chi connectivity index (χ2n) is 4.76. The summed E-state index contributed by atoms with van der Waals surface area (Å²) < 4.78 is 13.7. The van der Waals surface area contributed by atoms with E-state index >= 15 is 0 Å². The Morgan fingerprint density at radius 2 is 2.18 bits per heavy atom. The van der Waals surface area contributed by atoms with Crippen molar-refractivity contribution < 1.29 is 4.39 Å². The SMILES string of the molecule is CCCCN(c1ccc(CN)c(F)c1)C1CC1. The van der Waals surface area contributed by atoms with Crippen molar-refractivity contribution in [3.8, 4) is 0 Å². The lowest BCUT2D eigenvalue weighted by molar-refractivity contribution is 0.608. The predicted octanol–water partition coefficient (Wildman–Crippen LogP) is 3.05. The molecule has 2 rings (SSSR count). The molecular weight excluding hydrogens is 215 g/mol. The molecule has 2 nitrogen and oxygen atoms in total. The maximum atomic E-state index is 13.7. The molecule has 2 N–H and O–H groups in total. The van der Waals surface area contributed by atoms with Gasteiger partial charge in [-0.15, -0.1) is 0 Å². The fourth-order valence-electron chi connectivity index (χ4n) is 2.12. The van der Waals surface area contributed by atoms with E-state index in [4.69, 9.17) is 5.73 Å². The second-order valence-corrected chi connectivity index (χ2v) is 4.76. The van der Waals surface area contributed by atoms with Crippen LogP contribution in [0.4, 0.5) is 10.1 Å². The lowest BCUT2D eigenvalue weighted by atomic mass is 10.1. The number of hydrogen-bond donors (Lipinski definition) is 1. The predicted molar refractivity (Wildman–Crippen MR) is 69.6 cm³/mol. The number of anilines is 1. The molecule has 0 atom stereocenters. The first kappa shape index (κ1) is 12.4. The number of halogens is 1. The summed E-state index contributed by atoms with van der Waals surface area (Å²) in [6, 6.07) is 6.08. The van der Waals surface area contributed by atoms with Gasteiger partial charge in [0.25, 0.3) is 0 Å². The molecule has 0 aliphatic heterocycles. The van der Waals surface area contributed by atoms with Crippen LogP contribution in [0.5, 0.6) is 0 Å². The summed E-state index contributed by atoms with van der Waals surface area (Å²) in [5.41, 5.74) is 7.08. The van der Waals surface area contributed by atoms with E-state index in [0.717, 1.165) is 18.7 Å². The van der Waals surface area contributed by atoms with Crippen LogP contribution in [0, 0.1) is 5.82 Å². The molecule has 1 aliphatic carbocycles. The third-order valence-electron chi connectivity index (χ3n) is 3.33. The Labute approximate surface area is 103 Å². The fourth-order valence-corrected chi connectivity index (χ4v) is 2.12. The Morgan fingerprint density at radius 3 is 2.71 bits per heavy atom. The van der Waals surface area contributed by atoms with Crippen molar-refractivity contribution in [2.75, 3.05) is 11.4 Å². The van der Waals surface area contributed by atoms with Crippen LogP contribution in [-0.2, 0) is 6.54 Å². The molecule has 94 valence electrons. The van der Waals surface area contributed by atoms with Crippen molar-refractivity contribution >= 4 is 5.69 Å². The van der Waals surface area contributed by atoms with E-state index in [1.165, 1.54) is 19.3 Å². The number of benzene rings is 1. The Kier molecular flexibility index (Phi) is 4.00. The van der Waals surface area contributed by atoms with Gasteiger partial charge in [0.2, 0.25) is 0 Å². The molecule has 1 saturated carbocycles. The minimum absolute atomic E-state index is 0.174. The minimum Gasteiger partial charge on any atom is -0.368 e. The summed E-state index contributed by atoms with van der Waals surface area (Å²) >= 11 is 0. The van der Waals surface area contributed by atoms with Crippen LogP contribution >= 0.6 is 0 Å². The van der Waals surface area contributed by atoms with Crippen molar-refractivity contribution in [3.63, 3.8) is 0 Å². The Morgan fingerprint density at radius 1 is 1.41 bits per heavy atom. The van der Waals surface area contributed by atoms with Crippen LogP contribution in [0.1, 0.15) is 38.2 Å². The van der Waals surface area contributed by atoms with E-state index < -0.39 is 0 Å². The topological polar surface area (TPSA) is 29.3 Å². The van der Waals surface area contributed by atoms with Crippen LogP contribution in [0.25, 0.3) is 0 Å². The van der Waals surface area contributed by atoms with Gasteiger partial charge in [-0.1, -0.05) is 19.4 Å². The van der Waals surface area contributed by atoms with Gasteiger partial charge in [0, 0.05) is 30.4 Å². The summed E-state index contributed by atoms with van der Waals surface area (Å²) in [4.78, 5) is 2.34. The molecule has 3 heteroatoms. The van der Waals surface area contributed by atoms with Gasteiger partial charge < -0.3 is 10.6 Å². The third kappa shape index (κ3) is 2.97. The Balaban J connectivity index is 2.14. The van der Waals surface area contributed by atoms with E-state index in [2.05, 4.69) is 11.8 Å². The van der Waals surface area contributed by atoms with Gasteiger partial charge in [-0.25, -0.2) is 4.39 Å². The lowest BCUT2D eigenvalue weighted by Gasteiger charge is -2.25. The van der Waals surface area contributed by atoms with Crippen molar-refractivity contribution in [2.45, 2.75) is 45.2 Å². The minimum atomic E-state index is -0.174. The van der Waals surface area contributed by atoms with Gasteiger partial charge >= 0.3 is 0 Å². The molecular formula is C14H21FN2. The number of nitrogens with two attached hydrogens (primary N) is 1. The molecule has 1 aromatic carbocycles. The van der Waals surface area contributed by atoms with Gasteiger partial charge in [-0.05, 0) is 31.4 Å². The van der Waals surface area contributed by atoms with Crippen molar-refractivity contribution in [1.82, 2.24) is 0 Å². The first-order valence-corrected chi connectivity index (χ1v) is 6.51. The van der Waals surface area contributed by atoms with Gasteiger partial charge in [0.15, 0.2) is 0 Å². The molecule has 17 heavy (non-hydrogen) atoms. The molecule has 0 aromatic heterocycles. The Bertz CT molecular complexity index is 374. The lowest BCUT2D eigenvalue weighted by Crippen LogP contribution is -2.26. The summed E-state index contributed by atoms with van der Waals surface area (Å²) in [7, 11) is 0. The molecule has 1 aromatic rings. The molecule has 1 aliphatic rings. The highest BCUT2D eigenvalue weighted by Gasteiger charge is 2.29. The van der Waals surface area contributed by atoms with Gasteiger partial charge in [-0.3, -0.25) is 0 Å². The molecule has 0 spiro atoms. The second kappa shape index (κ2) is 5.50. The van der Waals surface area contributed by atoms with Crippen molar-refractivity contribution in [3.05, 3.63) is 29.6 Å². The van der Waals surface area contributed by atoms with Crippen LogP contribution in [0.15, 0.2) is 18.2 Å². The molecule has 0 radical (unpaired) electrons. The van der Waals surface area contributed by atoms with Crippen LogP contribution < -0.4 is 10.6 Å². The monoisotopic (exact) mass is 236 g/mol. The third-order valence-corrected chi connectivity index (χ3v) is 3.33. The number of rotatable bonds is 6. The van der Waals surface area contributed by atoms with Crippen molar-refractivity contribution in [1.29, 1.82) is 0 Å². The highest BCUT2D eigenvalue weighted by molar-refractivity contribution is 5.50. The molecule has 0 unspecified atom stereocenters. The van der Waals surface area contributed by atoms with Crippen molar-refractivity contribution in [2.24, 2.45) is 5.73 Å². The maximum Gasteiger partial charge on any atom is 0.129 e. The Hall–Kier alpha value is -1.09. The quantitative estimate of drug-likeness (QED) is 0.822. The zero-order valence-corrected chi connectivity index (χ0v) is 10.5. The molecule has 1 fully saturated rings. The van der Waals surface area contributed by atoms with E-state index in [1.54, 1.807) is 6.07 Å². The number of unbranched alkanes of at least 4 members (excludes halogenated alkanes) is 1. The zero-order chi connectivity index (χ0) is 12.3. The summed E-state index contributed by atoms with van der Waals surface area (Å²) in [5, 5.41) is 0. The van der Waals surface area contributed by atoms with Gasteiger partial charge in [0.05, 0.1) is 0 Å². The molecule has 0 bridgehead atoms. The average Bonchev–Trinajstić information content (AvgIpc) is 3.14. The summed E-state index contributed by atoms with van der Waals surface area (Å²) in [6.07, 6.45) is 4.82. The van der Waals surface area contributed by atoms with E-state index in [9.17, 15) is 4.39 Å².